The quantitative estimate of drug-likeness (QED) is 0.216. The molecule has 4 rings (SSSR count). The molecule has 1 amide bonds. The number of halogens is 1. The zero-order valence-electron chi connectivity index (χ0n) is 17.0. The number of rotatable bonds is 8. The van der Waals surface area contributed by atoms with Crippen LogP contribution in [0.3, 0.4) is 0 Å². The Morgan fingerprint density at radius 3 is 2.50 bits per heavy atom. The molecule has 0 radical (unpaired) electrons. The number of nitrogens with one attached hydrogen (secondary N) is 1. The third kappa shape index (κ3) is 5.38. The first-order valence-corrected chi connectivity index (χ1v) is 11.7. The Hall–Kier alpha value is -3.10. The van der Waals surface area contributed by atoms with E-state index in [1.807, 2.05) is 66.7 Å². The Labute approximate surface area is 197 Å². The molecule has 0 atom stereocenters. The van der Waals surface area contributed by atoms with E-state index in [0.29, 0.717) is 34.9 Å². The molecule has 0 fully saturated rings. The van der Waals surface area contributed by atoms with Gasteiger partial charge in [0.2, 0.25) is 5.91 Å². The number of nitrogens with zero attached hydrogens (tertiary/aromatic N) is 2. The number of ether oxygens (including phenoxy) is 1. The molecular weight excluding hydrogens is 490 g/mol. The van der Waals surface area contributed by atoms with Gasteiger partial charge in [-0.1, -0.05) is 64.1 Å². The Morgan fingerprint density at radius 1 is 1.03 bits per heavy atom. The Morgan fingerprint density at radius 2 is 1.75 bits per heavy atom. The van der Waals surface area contributed by atoms with E-state index in [1.54, 1.807) is 16.7 Å². The van der Waals surface area contributed by atoms with Crippen molar-refractivity contribution < 1.29 is 9.53 Å². The van der Waals surface area contributed by atoms with Crippen molar-refractivity contribution in [1.82, 2.24) is 14.9 Å². The fourth-order valence-electron chi connectivity index (χ4n) is 3.10. The number of para-hydroxylation sites is 2. The molecule has 0 aliphatic carbocycles. The van der Waals surface area contributed by atoms with E-state index in [-0.39, 0.29) is 17.2 Å². The third-order valence-corrected chi connectivity index (χ3v) is 6.01. The minimum Gasteiger partial charge on any atom is -0.492 e. The van der Waals surface area contributed by atoms with Crippen molar-refractivity contribution in [2.75, 3.05) is 18.9 Å². The third-order valence-electron chi connectivity index (χ3n) is 4.58. The van der Waals surface area contributed by atoms with E-state index in [0.717, 1.165) is 10.2 Å². The van der Waals surface area contributed by atoms with Gasteiger partial charge in [0.15, 0.2) is 5.16 Å². The number of thioether (sulfide) groups is 1. The number of benzene rings is 3. The second kappa shape index (κ2) is 10.5. The largest absolute Gasteiger partial charge is 0.492 e. The maximum atomic E-state index is 13.3. The standard InChI is InChI=1S/C24H20BrN3O3S/c25-17-11-12-21-20(15-17)23(30)28(18-7-3-1-4-8-18)24(27-21)32-16-22(29)26-13-14-31-19-9-5-2-6-10-19/h1-12,15H,13-14,16H2,(H,26,29). The molecule has 1 N–H and O–H groups in total. The van der Waals surface area contributed by atoms with Crippen LogP contribution in [0.4, 0.5) is 0 Å². The van der Waals surface area contributed by atoms with Crippen molar-refractivity contribution in [2.24, 2.45) is 0 Å². The molecule has 6 nitrogen and oxygen atoms in total. The number of hydrogen-bond acceptors (Lipinski definition) is 5. The lowest BCUT2D eigenvalue weighted by Gasteiger charge is -2.13. The van der Waals surface area contributed by atoms with Crippen molar-refractivity contribution >= 4 is 44.5 Å². The minimum absolute atomic E-state index is 0.132. The van der Waals surface area contributed by atoms with Gasteiger partial charge in [-0.05, 0) is 42.5 Å². The minimum atomic E-state index is -0.179. The highest BCUT2D eigenvalue weighted by Gasteiger charge is 2.15. The van der Waals surface area contributed by atoms with Crippen LogP contribution in [0.2, 0.25) is 0 Å². The van der Waals surface area contributed by atoms with Crippen LogP contribution in [0.15, 0.2) is 93.3 Å². The zero-order valence-corrected chi connectivity index (χ0v) is 19.4. The van der Waals surface area contributed by atoms with E-state index in [9.17, 15) is 9.59 Å². The SMILES string of the molecule is O=C(CSc1nc2ccc(Br)cc2c(=O)n1-c1ccccc1)NCCOc1ccccc1. The molecule has 0 spiro atoms. The number of aromatic nitrogens is 2. The first kappa shape index (κ1) is 22.1. The normalized spacial score (nSPS) is 10.8. The summed E-state index contributed by atoms with van der Waals surface area (Å²) in [6.07, 6.45) is 0. The molecular formula is C24H20BrN3O3S. The summed E-state index contributed by atoms with van der Waals surface area (Å²) < 4.78 is 7.94. The Kier molecular flexibility index (Phi) is 7.24. The second-order valence-corrected chi connectivity index (χ2v) is 8.69. The van der Waals surface area contributed by atoms with Gasteiger partial charge in [0.05, 0.1) is 28.9 Å². The highest BCUT2D eigenvalue weighted by atomic mass is 79.9. The van der Waals surface area contributed by atoms with Crippen LogP contribution in [0.5, 0.6) is 5.75 Å². The van der Waals surface area contributed by atoms with Crippen LogP contribution in [0, 0.1) is 0 Å². The van der Waals surface area contributed by atoms with Gasteiger partial charge in [-0.2, -0.15) is 0 Å². The Bertz CT molecular complexity index is 1280. The summed E-state index contributed by atoms with van der Waals surface area (Å²) in [7, 11) is 0. The maximum Gasteiger partial charge on any atom is 0.266 e. The fourth-order valence-corrected chi connectivity index (χ4v) is 4.30. The maximum absolute atomic E-state index is 13.3. The molecule has 3 aromatic carbocycles. The highest BCUT2D eigenvalue weighted by Crippen LogP contribution is 2.23. The second-order valence-electron chi connectivity index (χ2n) is 6.83. The molecule has 8 heteroatoms. The van der Waals surface area contributed by atoms with E-state index >= 15 is 0 Å². The lowest BCUT2D eigenvalue weighted by molar-refractivity contribution is -0.118. The van der Waals surface area contributed by atoms with Gasteiger partial charge >= 0.3 is 0 Å². The van der Waals surface area contributed by atoms with Crippen LogP contribution in [-0.4, -0.2) is 34.4 Å². The number of fused-ring (bicyclic) bond motifs is 1. The van der Waals surface area contributed by atoms with Crippen LogP contribution >= 0.6 is 27.7 Å². The lowest BCUT2D eigenvalue weighted by atomic mass is 10.2. The summed E-state index contributed by atoms with van der Waals surface area (Å²) in [5.41, 5.74) is 1.11. The number of carbonyl (C=O) groups excluding carboxylic acids is 1. The molecule has 0 saturated heterocycles. The molecule has 0 aliphatic rings. The summed E-state index contributed by atoms with van der Waals surface area (Å²) in [4.78, 5) is 30.3. The van der Waals surface area contributed by atoms with Crippen LogP contribution in [0.25, 0.3) is 16.6 Å². The van der Waals surface area contributed by atoms with Crippen LogP contribution in [0.1, 0.15) is 0 Å². The van der Waals surface area contributed by atoms with Crippen molar-refractivity contribution in [3.8, 4) is 11.4 Å². The summed E-state index contributed by atoms with van der Waals surface area (Å²) in [6.45, 7) is 0.761. The van der Waals surface area contributed by atoms with E-state index in [4.69, 9.17) is 4.74 Å². The van der Waals surface area contributed by atoms with Crippen LogP contribution in [-0.2, 0) is 4.79 Å². The smallest absolute Gasteiger partial charge is 0.266 e. The molecule has 4 aromatic rings. The molecule has 0 bridgehead atoms. The van der Waals surface area contributed by atoms with Gasteiger partial charge in [-0.3, -0.25) is 14.2 Å². The van der Waals surface area contributed by atoms with Gasteiger partial charge in [-0.25, -0.2) is 4.98 Å². The van der Waals surface area contributed by atoms with Gasteiger partial charge < -0.3 is 10.1 Å². The topological polar surface area (TPSA) is 73.2 Å². The molecule has 162 valence electrons. The summed E-state index contributed by atoms with van der Waals surface area (Å²) in [5, 5.41) is 3.81. The van der Waals surface area contributed by atoms with Crippen LogP contribution < -0.4 is 15.6 Å². The average Bonchev–Trinajstić information content (AvgIpc) is 2.82. The molecule has 0 unspecified atom stereocenters. The summed E-state index contributed by atoms with van der Waals surface area (Å²) in [6, 6.07) is 24.1. The van der Waals surface area contributed by atoms with Gasteiger partial charge in [0, 0.05) is 4.47 Å². The lowest BCUT2D eigenvalue weighted by Crippen LogP contribution is -2.30. The predicted molar refractivity (Wildman–Crippen MR) is 131 cm³/mol. The van der Waals surface area contributed by atoms with E-state index < -0.39 is 0 Å². The van der Waals surface area contributed by atoms with Crippen molar-refractivity contribution in [1.29, 1.82) is 0 Å². The van der Waals surface area contributed by atoms with E-state index in [2.05, 4.69) is 26.2 Å². The Balaban J connectivity index is 1.47. The van der Waals surface area contributed by atoms with Gasteiger partial charge in [0.25, 0.3) is 5.56 Å². The van der Waals surface area contributed by atoms with E-state index in [1.165, 1.54) is 11.8 Å². The first-order valence-electron chi connectivity index (χ1n) is 9.97. The van der Waals surface area contributed by atoms with Gasteiger partial charge in [0.1, 0.15) is 12.4 Å². The number of carbonyl (C=O) groups is 1. The van der Waals surface area contributed by atoms with Crippen molar-refractivity contribution in [3.05, 3.63) is 93.7 Å². The first-order chi connectivity index (χ1) is 15.6. The molecule has 0 saturated carbocycles. The van der Waals surface area contributed by atoms with Gasteiger partial charge in [-0.15, -0.1) is 0 Å². The monoisotopic (exact) mass is 509 g/mol. The van der Waals surface area contributed by atoms with Crippen molar-refractivity contribution in [3.63, 3.8) is 0 Å². The summed E-state index contributed by atoms with van der Waals surface area (Å²) >= 11 is 4.64. The number of amides is 1. The van der Waals surface area contributed by atoms with Crippen molar-refractivity contribution in [2.45, 2.75) is 5.16 Å². The molecule has 1 aromatic heterocycles. The zero-order chi connectivity index (χ0) is 22.3. The average molecular weight is 510 g/mol. The molecule has 0 aliphatic heterocycles. The highest BCUT2D eigenvalue weighted by molar-refractivity contribution is 9.10. The summed E-state index contributed by atoms with van der Waals surface area (Å²) in [5.74, 6) is 0.735. The molecule has 1 heterocycles. The fraction of sp³-hybridized carbons (Fsp3) is 0.125. The molecule has 32 heavy (non-hydrogen) atoms. The predicted octanol–water partition coefficient (Wildman–Crippen LogP) is 4.44. The number of hydrogen-bond donors (Lipinski definition) is 1.